The van der Waals surface area contributed by atoms with Crippen LogP contribution in [0.3, 0.4) is 0 Å². The molecule has 0 aliphatic heterocycles. The van der Waals surface area contributed by atoms with E-state index in [4.69, 9.17) is 11.6 Å². The summed E-state index contributed by atoms with van der Waals surface area (Å²) >= 11 is 5.95. The molecule has 0 aliphatic rings. The Balaban J connectivity index is 1.86. The summed E-state index contributed by atoms with van der Waals surface area (Å²) < 4.78 is 0. The number of aliphatic hydroxyl groups excluding tert-OH is 1. The summed E-state index contributed by atoms with van der Waals surface area (Å²) in [6.07, 6.45) is -0.856. The normalized spacial score (nSPS) is 11.7. The van der Waals surface area contributed by atoms with E-state index in [9.17, 15) is 9.90 Å². The van der Waals surface area contributed by atoms with Gasteiger partial charge in [0.2, 0.25) is 5.91 Å². The van der Waals surface area contributed by atoms with Gasteiger partial charge in [0.25, 0.3) is 0 Å². The maximum atomic E-state index is 11.7. The van der Waals surface area contributed by atoms with Gasteiger partial charge >= 0.3 is 0 Å². The lowest BCUT2D eigenvalue weighted by Gasteiger charge is -2.13. The zero-order valence-electron chi connectivity index (χ0n) is 10.7. The minimum absolute atomic E-state index is 0.0263. The molecule has 0 aromatic heterocycles. The zero-order valence-corrected chi connectivity index (χ0v) is 11.5. The Kier molecular flexibility index (Phi) is 4.98. The standard InChI is InChI=1S/C15H15ClN2O2/c16-12-8-4-5-9-13(12)17-18-15(20)10-14(19)11-6-2-1-3-7-11/h1-9,14,17,19H,10H2,(H,18,20). The van der Waals surface area contributed by atoms with Crippen LogP contribution in [0.2, 0.25) is 5.02 Å². The summed E-state index contributed by atoms with van der Waals surface area (Å²) in [4.78, 5) is 11.7. The van der Waals surface area contributed by atoms with E-state index >= 15 is 0 Å². The van der Waals surface area contributed by atoms with E-state index in [1.165, 1.54) is 0 Å². The molecule has 0 bridgehead atoms. The number of amides is 1. The number of carbonyl (C=O) groups excluding carboxylic acids is 1. The van der Waals surface area contributed by atoms with Crippen LogP contribution in [-0.2, 0) is 4.79 Å². The van der Waals surface area contributed by atoms with Gasteiger partial charge in [-0.3, -0.25) is 15.6 Å². The maximum Gasteiger partial charge on any atom is 0.241 e. The Morgan fingerprint density at radius 2 is 1.75 bits per heavy atom. The van der Waals surface area contributed by atoms with Crippen LogP contribution in [0.1, 0.15) is 18.1 Å². The van der Waals surface area contributed by atoms with E-state index in [1.807, 2.05) is 18.2 Å². The van der Waals surface area contributed by atoms with Crippen molar-refractivity contribution in [3.05, 3.63) is 65.2 Å². The summed E-state index contributed by atoms with van der Waals surface area (Å²) in [7, 11) is 0. The molecule has 0 radical (unpaired) electrons. The number of anilines is 1. The van der Waals surface area contributed by atoms with Gasteiger partial charge in [-0.15, -0.1) is 0 Å². The maximum absolute atomic E-state index is 11.7. The van der Waals surface area contributed by atoms with Crippen molar-refractivity contribution in [1.29, 1.82) is 0 Å². The van der Waals surface area contributed by atoms with Crippen LogP contribution in [0.4, 0.5) is 5.69 Å². The topological polar surface area (TPSA) is 61.4 Å². The summed E-state index contributed by atoms with van der Waals surface area (Å²) in [5.41, 5.74) is 6.55. The number of aliphatic hydroxyl groups is 1. The molecule has 0 fully saturated rings. The highest BCUT2D eigenvalue weighted by molar-refractivity contribution is 6.33. The molecule has 3 N–H and O–H groups in total. The molecule has 104 valence electrons. The first-order valence-electron chi connectivity index (χ1n) is 6.19. The Hall–Kier alpha value is -2.04. The molecule has 20 heavy (non-hydrogen) atoms. The number of halogens is 1. The molecule has 0 spiro atoms. The van der Waals surface area contributed by atoms with Crippen molar-refractivity contribution >= 4 is 23.2 Å². The van der Waals surface area contributed by atoms with Crippen molar-refractivity contribution in [2.75, 3.05) is 5.43 Å². The lowest BCUT2D eigenvalue weighted by molar-refractivity contribution is -0.122. The van der Waals surface area contributed by atoms with Gasteiger partial charge in [0.1, 0.15) is 0 Å². The molecule has 0 saturated carbocycles. The van der Waals surface area contributed by atoms with Crippen molar-refractivity contribution < 1.29 is 9.90 Å². The molecule has 2 aromatic rings. The second-order valence-electron chi connectivity index (χ2n) is 4.28. The van der Waals surface area contributed by atoms with Crippen LogP contribution in [-0.4, -0.2) is 11.0 Å². The molecule has 0 saturated heterocycles. The predicted molar refractivity (Wildman–Crippen MR) is 79.2 cm³/mol. The van der Waals surface area contributed by atoms with E-state index in [0.717, 1.165) is 0 Å². The number of carbonyl (C=O) groups is 1. The van der Waals surface area contributed by atoms with Gasteiger partial charge in [0.15, 0.2) is 0 Å². The highest BCUT2D eigenvalue weighted by atomic mass is 35.5. The van der Waals surface area contributed by atoms with Crippen molar-refractivity contribution in [3.63, 3.8) is 0 Å². The molecular formula is C15H15ClN2O2. The van der Waals surface area contributed by atoms with Gasteiger partial charge in [0, 0.05) is 0 Å². The fourth-order valence-electron chi connectivity index (χ4n) is 1.72. The number of benzene rings is 2. The number of hydrogen-bond donors (Lipinski definition) is 3. The third kappa shape index (κ3) is 3.98. The van der Waals surface area contributed by atoms with Crippen molar-refractivity contribution in [3.8, 4) is 0 Å². The molecule has 5 heteroatoms. The second kappa shape index (κ2) is 6.93. The monoisotopic (exact) mass is 290 g/mol. The van der Waals surface area contributed by atoms with Gasteiger partial charge in [0.05, 0.1) is 23.2 Å². The fourth-order valence-corrected chi connectivity index (χ4v) is 1.90. The van der Waals surface area contributed by atoms with Crippen LogP contribution >= 0.6 is 11.6 Å². The average Bonchev–Trinajstić information content (AvgIpc) is 2.47. The third-order valence-corrected chi connectivity index (χ3v) is 3.10. The summed E-state index contributed by atoms with van der Waals surface area (Å²) in [5, 5.41) is 10.4. The average molecular weight is 291 g/mol. The van der Waals surface area contributed by atoms with E-state index in [0.29, 0.717) is 16.3 Å². The minimum atomic E-state index is -0.829. The quantitative estimate of drug-likeness (QED) is 0.742. The Morgan fingerprint density at radius 3 is 2.45 bits per heavy atom. The molecule has 0 aliphatic carbocycles. The van der Waals surface area contributed by atoms with Crippen LogP contribution in [0.5, 0.6) is 0 Å². The van der Waals surface area contributed by atoms with Gasteiger partial charge < -0.3 is 5.11 Å². The molecule has 4 nitrogen and oxygen atoms in total. The number of nitrogens with one attached hydrogen (secondary N) is 2. The largest absolute Gasteiger partial charge is 0.388 e. The number of hydrazine groups is 1. The van der Waals surface area contributed by atoms with Gasteiger partial charge in [-0.2, -0.15) is 0 Å². The first-order chi connectivity index (χ1) is 9.66. The minimum Gasteiger partial charge on any atom is -0.388 e. The summed E-state index contributed by atoms with van der Waals surface area (Å²) in [6.45, 7) is 0. The van der Waals surface area contributed by atoms with Crippen molar-refractivity contribution in [2.24, 2.45) is 0 Å². The smallest absolute Gasteiger partial charge is 0.241 e. The first-order valence-corrected chi connectivity index (χ1v) is 6.57. The molecule has 1 unspecified atom stereocenters. The van der Waals surface area contributed by atoms with E-state index in [2.05, 4.69) is 10.9 Å². The number of hydrogen-bond acceptors (Lipinski definition) is 3. The van der Waals surface area contributed by atoms with E-state index < -0.39 is 6.10 Å². The highest BCUT2D eigenvalue weighted by Crippen LogP contribution is 2.20. The predicted octanol–water partition coefficient (Wildman–Crippen LogP) is 2.91. The lowest BCUT2D eigenvalue weighted by Crippen LogP contribution is -2.30. The highest BCUT2D eigenvalue weighted by Gasteiger charge is 2.12. The van der Waals surface area contributed by atoms with Crippen LogP contribution < -0.4 is 10.9 Å². The molecule has 0 heterocycles. The van der Waals surface area contributed by atoms with Gasteiger partial charge in [-0.25, -0.2) is 0 Å². The van der Waals surface area contributed by atoms with Crippen LogP contribution in [0.25, 0.3) is 0 Å². The zero-order chi connectivity index (χ0) is 14.4. The molecule has 2 rings (SSSR count). The van der Waals surface area contributed by atoms with Crippen LogP contribution in [0.15, 0.2) is 54.6 Å². The Morgan fingerprint density at radius 1 is 1.10 bits per heavy atom. The van der Waals surface area contributed by atoms with E-state index in [1.54, 1.807) is 36.4 Å². The second-order valence-corrected chi connectivity index (χ2v) is 4.69. The van der Waals surface area contributed by atoms with Crippen molar-refractivity contribution in [2.45, 2.75) is 12.5 Å². The fraction of sp³-hybridized carbons (Fsp3) is 0.133. The molecule has 1 amide bonds. The van der Waals surface area contributed by atoms with E-state index in [-0.39, 0.29) is 12.3 Å². The van der Waals surface area contributed by atoms with Crippen molar-refractivity contribution in [1.82, 2.24) is 5.43 Å². The molecule has 1 atom stereocenters. The number of rotatable bonds is 5. The van der Waals surface area contributed by atoms with Crippen LogP contribution in [0, 0.1) is 0 Å². The Bertz CT molecular complexity index is 575. The summed E-state index contributed by atoms with van der Waals surface area (Å²) in [5.74, 6) is -0.318. The first kappa shape index (κ1) is 14.4. The third-order valence-electron chi connectivity index (χ3n) is 2.77. The number of para-hydroxylation sites is 1. The summed E-state index contributed by atoms with van der Waals surface area (Å²) in [6, 6.07) is 16.1. The lowest BCUT2D eigenvalue weighted by atomic mass is 10.1. The van der Waals surface area contributed by atoms with Gasteiger partial charge in [-0.05, 0) is 17.7 Å². The molecular weight excluding hydrogens is 276 g/mol. The SMILES string of the molecule is O=C(CC(O)c1ccccc1)NNc1ccccc1Cl. The Labute approximate surface area is 122 Å². The van der Waals surface area contributed by atoms with Gasteiger partial charge in [-0.1, -0.05) is 54.1 Å². The molecule has 2 aromatic carbocycles.